The number of H-pyrrole nitrogens is 1. The maximum absolute atomic E-state index is 13.8. The van der Waals surface area contributed by atoms with Gasteiger partial charge in [-0.1, -0.05) is 24.3 Å². The Labute approximate surface area is 149 Å². The summed E-state index contributed by atoms with van der Waals surface area (Å²) in [5, 5.41) is 8.13. The number of aromatic nitrogens is 3. The first kappa shape index (κ1) is 16.0. The van der Waals surface area contributed by atoms with Crippen molar-refractivity contribution in [2.24, 2.45) is 0 Å². The summed E-state index contributed by atoms with van der Waals surface area (Å²) in [7, 11) is 0. The maximum Gasteiger partial charge on any atom is 0.258 e. The molecule has 0 aliphatic heterocycles. The fourth-order valence-corrected chi connectivity index (χ4v) is 3.14. The Kier molecular flexibility index (Phi) is 3.97. The highest BCUT2D eigenvalue weighted by Crippen LogP contribution is 2.30. The quantitative estimate of drug-likeness (QED) is 0.558. The van der Waals surface area contributed by atoms with Gasteiger partial charge in [0.15, 0.2) is 0 Å². The van der Waals surface area contributed by atoms with E-state index in [1.54, 1.807) is 35.3 Å². The first-order chi connectivity index (χ1) is 12.7. The fraction of sp³-hybridized carbons (Fsp3) is 0.0476. The highest BCUT2D eigenvalue weighted by Gasteiger charge is 2.12. The Hall–Kier alpha value is -3.47. The van der Waals surface area contributed by atoms with Crippen molar-refractivity contribution in [1.29, 1.82) is 0 Å². The molecule has 4 nitrogen and oxygen atoms in total. The minimum Gasteiger partial charge on any atom is -0.311 e. The number of hydrogen-bond acceptors (Lipinski definition) is 2. The van der Waals surface area contributed by atoms with Crippen LogP contribution >= 0.6 is 0 Å². The summed E-state index contributed by atoms with van der Waals surface area (Å²) >= 11 is 0. The predicted molar refractivity (Wildman–Crippen MR) is 101 cm³/mol. The third-order valence-electron chi connectivity index (χ3n) is 4.38. The molecule has 128 valence electrons. The van der Waals surface area contributed by atoms with E-state index in [0.29, 0.717) is 11.9 Å². The average Bonchev–Trinajstić information content (AvgIpc) is 3.18. The van der Waals surface area contributed by atoms with Crippen LogP contribution in [0.3, 0.4) is 0 Å². The molecule has 0 amide bonds. The summed E-state index contributed by atoms with van der Waals surface area (Å²) in [5.41, 5.74) is 3.28. The van der Waals surface area contributed by atoms with Gasteiger partial charge in [-0.15, -0.1) is 6.58 Å². The monoisotopic (exact) mass is 345 g/mol. The molecule has 0 saturated heterocycles. The highest BCUT2D eigenvalue weighted by atomic mass is 19.1. The van der Waals surface area contributed by atoms with Crippen molar-refractivity contribution >= 4 is 10.8 Å². The molecule has 0 fully saturated rings. The van der Waals surface area contributed by atoms with Crippen LogP contribution in [0.25, 0.3) is 33.0 Å². The lowest BCUT2D eigenvalue weighted by molar-refractivity contribution is 0.628. The van der Waals surface area contributed by atoms with Gasteiger partial charge in [0, 0.05) is 35.5 Å². The van der Waals surface area contributed by atoms with E-state index in [1.807, 2.05) is 24.3 Å². The van der Waals surface area contributed by atoms with Crippen LogP contribution in [0.4, 0.5) is 4.39 Å². The molecule has 0 radical (unpaired) electrons. The molecule has 2 aromatic carbocycles. The Morgan fingerprint density at radius 3 is 2.73 bits per heavy atom. The number of hydrogen-bond donors (Lipinski definition) is 1. The molecular formula is C21H16FN3O. The second-order valence-electron chi connectivity index (χ2n) is 6.05. The van der Waals surface area contributed by atoms with Crippen molar-refractivity contribution in [2.75, 3.05) is 0 Å². The number of nitrogens with zero attached hydrogens (tertiary/aromatic N) is 2. The van der Waals surface area contributed by atoms with E-state index in [1.165, 1.54) is 12.1 Å². The van der Waals surface area contributed by atoms with Crippen LogP contribution in [0, 0.1) is 5.82 Å². The van der Waals surface area contributed by atoms with Crippen molar-refractivity contribution in [2.45, 2.75) is 6.54 Å². The molecule has 0 aliphatic carbocycles. The Balaban J connectivity index is 2.06. The summed E-state index contributed by atoms with van der Waals surface area (Å²) in [6.07, 6.45) is 6.95. The lowest BCUT2D eigenvalue weighted by atomic mass is 9.97. The van der Waals surface area contributed by atoms with E-state index in [-0.39, 0.29) is 11.4 Å². The number of nitrogens with one attached hydrogen (secondary N) is 1. The van der Waals surface area contributed by atoms with Gasteiger partial charge in [0.25, 0.3) is 5.56 Å². The molecule has 0 atom stereocenters. The lowest BCUT2D eigenvalue weighted by Gasteiger charge is -2.13. The number of allylic oxidation sites excluding steroid dienone is 1. The summed E-state index contributed by atoms with van der Waals surface area (Å²) < 4.78 is 15.4. The van der Waals surface area contributed by atoms with Crippen molar-refractivity contribution in [3.05, 3.63) is 89.9 Å². The van der Waals surface area contributed by atoms with E-state index in [0.717, 1.165) is 27.6 Å². The van der Waals surface area contributed by atoms with Crippen LogP contribution in [-0.2, 0) is 6.54 Å². The second kappa shape index (κ2) is 6.44. The molecule has 0 bridgehead atoms. The molecule has 2 heterocycles. The van der Waals surface area contributed by atoms with Gasteiger partial charge in [-0.25, -0.2) is 4.39 Å². The average molecular weight is 345 g/mol. The lowest BCUT2D eigenvalue weighted by Crippen LogP contribution is -2.19. The normalized spacial score (nSPS) is 11.0. The van der Waals surface area contributed by atoms with Gasteiger partial charge in [0.1, 0.15) is 5.82 Å². The van der Waals surface area contributed by atoms with Crippen molar-refractivity contribution in [3.8, 4) is 22.3 Å². The molecule has 1 N–H and O–H groups in total. The molecule has 26 heavy (non-hydrogen) atoms. The zero-order chi connectivity index (χ0) is 18.1. The summed E-state index contributed by atoms with van der Waals surface area (Å²) in [6.45, 7) is 4.10. The van der Waals surface area contributed by atoms with Crippen LogP contribution in [0.1, 0.15) is 0 Å². The zero-order valence-electron chi connectivity index (χ0n) is 13.9. The molecule has 4 rings (SSSR count). The van der Waals surface area contributed by atoms with Gasteiger partial charge in [0.2, 0.25) is 0 Å². The van der Waals surface area contributed by atoms with Crippen LogP contribution in [0.5, 0.6) is 0 Å². The number of halogens is 1. The third-order valence-corrected chi connectivity index (χ3v) is 4.38. The number of aromatic amines is 1. The number of pyridine rings is 1. The Morgan fingerprint density at radius 2 is 2.00 bits per heavy atom. The minimum atomic E-state index is -0.317. The standard InChI is InChI=1S/C21H16FN3O/c1-2-8-25-13-20(15-4-3-5-17(22)9-15)19-10-14(16-11-23-24-12-16)6-7-18(19)21(25)26/h2-7,9-13H,1,8H2,(H,23,24). The molecule has 0 aliphatic rings. The van der Waals surface area contributed by atoms with Crippen molar-refractivity contribution in [3.63, 3.8) is 0 Å². The van der Waals surface area contributed by atoms with Gasteiger partial charge in [-0.05, 0) is 40.8 Å². The summed E-state index contributed by atoms with van der Waals surface area (Å²) in [6, 6.07) is 12.0. The predicted octanol–water partition coefficient (Wildman–Crippen LogP) is 4.38. The minimum absolute atomic E-state index is 0.0983. The van der Waals surface area contributed by atoms with Crippen molar-refractivity contribution in [1.82, 2.24) is 14.8 Å². The molecule has 0 spiro atoms. The molecule has 2 aromatic heterocycles. The third kappa shape index (κ3) is 2.73. The summed E-state index contributed by atoms with van der Waals surface area (Å²) in [4.78, 5) is 12.8. The van der Waals surface area contributed by atoms with Crippen molar-refractivity contribution < 1.29 is 4.39 Å². The maximum atomic E-state index is 13.8. The smallest absolute Gasteiger partial charge is 0.258 e. The largest absolute Gasteiger partial charge is 0.311 e. The molecule has 4 aromatic rings. The molecule has 5 heteroatoms. The van der Waals surface area contributed by atoms with Crippen LogP contribution in [0.2, 0.25) is 0 Å². The van der Waals surface area contributed by atoms with Gasteiger partial charge < -0.3 is 4.57 Å². The first-order valence-corrected chi connectivity index (χ1v) is 8.20. The van der Waals surface area contributed by atoms with Crippen LogP contribution in [0.15, 0.2) is 78.5 Å². The highest BCUT2D eigenvalue weighted by molar-refractivity contribution is 5.98. The number of fused-ring (bicyclic) bond motifs is 1. The Morgan fingerprint density at radius 1 is 1.12 bits per heavy atom. The van der Waals surface area contributed by atoms with E-state index < -0.39 is 0 Å². The molecule has 0 unspecified atom stereocenters. The topological polar surface area (TPSA) is 50.7 Å². The summed E-state index contributed by atoms with van der Waals surface area (Å²) in [5.74, 6) is -0.317. The van der Waals surface area contributed by atoms with Gasteiger partial charge in [0.05, 0.1) is 6.20 Å². The SMILES string of the molecule is C=CCn1cc(-c2cccc(F)c2)c2cc(-c3cn[nH]c3)ccc2c1=O. The van der Waals surface area contributed by atoms with Crippen LogP contribution < -0.4 is 5.56 Å². The zero-order valence-corrected chi connectivity index (χ0v) is 13.9. The second-order valence-corrected chi connectivity index (χ2v) is 6.05. The number of rotatable bonds is 4. The fourth-order valence-electron chi connectivity index (χ4n) is 3.14. The van der Waals surface area contributed by atoms with Gasteiger partial charge in [-0.3, -0.25) is 9.89 Å². The Bertz CT molecular complexity index is 1160. The molecule has 0 saturated carbocycles. The van der Waals surface area contributed by atoms with E-state index in [4.69, 9.17) is 0 Å². The van der Waals surface area contributed by atoms with Crippen LogP contribution in [-0.4, -0.2) is 14.8 Å². The van der Waals surface area contributed by atoms with Gasteiger partial charge >= 0.3 is 0 Å². The number of benzene rings is 2. The van der Waals surface area contributed by atoms with E-state index in [9.17, 15) is 9.18 Å². The van der Waals surface area contributed by atoms with E-state index in [2.05, 4.69) is 16.8 Å². The molecular weight excluding hydrogens is 329 g/mol. The first-order valence-electron chi connectivity index (χ1n) is 8.20. The van der Waals surface area contributed by atoms with Gasteiger partial charge in [-0.2, -0.15) is 5.10 Å². The van der Waals surface area contributed by atoms with E-state index >= 15 is 0 Å².